The van der Waals surface area contributed by atoms with Crippen LogP contribution in [0.2, 0.25) is 5.02 Å². The summed E-state index contributed by atoms with van der Waals surface area (Å²) >= 11 is 11.0. The van der Waals surface area contributed by atoms with Gasteiger partial charge in [-0.15, -0.1) is 0 Å². The maximum absolute atomic E-state index is 12.1. The minimum Gasteiger partial charge on any atom is -0.491 e. The van der Waals surface area contributed by atoms with Crippen LogP contribution in [0.4, 0.5) is 5.69 Å². The normalized spacial score (nSPS) is 10.1. The number of halogens is 1. The van der Waals surface area contributed by atoms with Gasteiger partial charge in [0.05, 0.1) is 6.61 Å². The maximum Gasteiger partial charge on any atom is 0.257 e. The number of anilines is 1. The van der Waals surface area contributed by atoms with Crippen molar-refractivity contribution in [3.63, 3.8) is 0 Å². The Balaban J connectivity index is 1.90. The zero-order chi connectivity index (χ0) is 17.4. The number of benzene rings is 2. The van der Waals surface area contributed by atoms with Crippen molar-refractivity contribution in [1.82, 2.24) is 5.32 Å². The summed E-state index contributed by atoms with van der Waals surface area (Å²) in [5.41, 5.74) is 1.19. The van der Waals surface area contributed by atoms with Crippen LogP contribution in [-0.4, -0.2) is 31.3 Å². The molecule has 0 bridgehead atoms. The van der Waals surface area contributed by atoms with E-state index in [0.717, 1.165) is 0 Å². The van der Waals surface area contributed by atoms with Gasteiger partial charge in [-0.2, -0.15) is 0 Å². The molecule has 0 unspecified atom stereocenters. The standard InChI is InChI=1S/C17H17ClN2O3S/c1-22-9-10-23-15-4-2-3-14(11-15)19-17(24)20-16(21)12-5-7-13(18)8-6-12/h2-8,11H,9-10H2,1H3,(H2,19,20,21,24). The fourth-order valence-electron chi connectivity index (χ4n) is 1.85. The number of carbonyl (C=O) groups is 1. The molecule has 126 valence electrons. The van der Waals surface area contributed by atoms with Crippen molar-refractivity contribution in [3.05, 3.63) is 59.1 Å². The van der Waals surface area contributed by atoms with E-state index < -0.39 is 0 Å². The van der Waals surface area contributed by atoms with Gasteiger partial charge in [0.1, 0.15) is 12.4 Å². The van der Waals surface area contributed by atoms with E-state index in [1.54, 1.807) is 37.4 Å². The molecule has 0 radical (unpaired) electrons. The number of carbonyl (C=O) groups excluding carboxylic acids is 1. The van der Waals surface area contributed by atoms with Crippen molar-refractivity contribution in [1.29, 1.82) is 0 Å². The summed E-state index contributed by atoms with van der Waals surface area (Å²) in [4.78, 5) is 12.1. The Labute approximate surface area is 150 Å². The monoisotopic (exact) mass is 364 g/mol. The van der Waals surface area contributed by atoms with E-state index in [-0.39, 0.29) is 11.0 Å². The lowest BCUT2D eigenvalue weighted by Gasteiger charge is -2.11. The number of methoxy groups -OCH3 is 1. The lowest BCUT2D eigenvalue weighted by Crippen LogP contribution is -2.34. The second-order valence-corrected chi connectivity index (χ2v) is 5.63. The molecule has 2 aromatic rings. The first-order valence-corrected chi connectivity index (χ1v) is 7.97. The van der Waals surface area contributed by atoms with E-state index in [1.807, 2.05) is 18.2 Å². The summed E-state index contributed by atoms with van der Waals surface area (Å²) in [7, 11) is 1.61. The molecule has 0 saturated carbocycles. The van der Waals surface area contributed by atoms with E-state index in [9.17, 15) is 4.79 Å². The average Bonchev–Trinajstić information content (AvgIpc) is 2.56. The van der Waals surface area contributed by atoms with Crippen LogP contribution in [0, 0.1) is 0 Å². The molecule has 0 aliphatic carbocycles. The Hall–Kier alpha value is -2.15. The zero-order valence-corrected chi connectivity index (χ0v) is 14.6. The van der Waals surface area contributed by atoms with Gasteiger partial charge < -0.3 is 14.8 Å². The Kier molecular flexibility index (Phi) is 6.99. The molecule has 5 nitrogen and oxygen atoms in total. The summed E-state index contributed by atoms with van der Waals surface area (Å²) in [6.45, 7) is 0.963. The predicted molar refractivity (Wildman–Crippen MR) is 99.0 cm³/mol. The fourth-order valence-corrected chi connectivity index (χ4v) is 2.18. The van der Waals surface area contributed by atoms with Gasteiger partial charge in [-0.1, -0.05) is 17.7 Å². The second-order valence-electron chi connectivity index (χ2n) is 4.78. The maximum atomic E-state index is 12.1. The number of hydrogen-bond acceptors (Lipinski definition) is 4. The summed E-state index contributed by atoms with van der Waals surface area (Å²) in [5, 5.41) is 6.33. The van der Waals surface area contributed by atoms with Crippen LogP contribution in [0.25, 0.3) is 0 Å². The first-order valence-electron chi connectivity index (χ1n) is 7.18. The quantitative estimate of drug-likeness (QED) is 0.607. The first-order chi connectivity index (χ1) is 11.6. The van der Waals surface area contributed by atoms with Crippen LogP contribution >= 0.6 is 23.8 Å². The molecular weight excluding hydrogens is 348 g/mol. The van der Waals surface area contributed by atoms with Crippen molar-refractivity contribution in [3.8, 4) is 5.75 Å². The van der Waals surface area contributed by atoms with Gasteiger partial charge >= 0.3 is 0 Å². The average molecular weight is 365 g/mol. The Morgan fingerprint density at radius 3 is 2.62 bits per heavy atom. The molecule has 0 saturated heterocycles. The van der Waals surface area contributed by atoms with E-state index in [0.29, 0.717) is 35.2 Å². The number of nitrogens with one attached hydrogen (secondary N) is 2. The molecule has 0 heterocycles. The predicted octanol–water partition coefficient (Wildman–Crippen LogP) is 3.49. The summed E-state index contributed by atoms with van der Waals surface area (Å²) < 4.78 is 10.5. The lowest BCUT2D eigenvalue weighted by molar-refractivity contribution is 0.0978. The summed E-state index contributed by atoms with van der Waals surface area (Å²) in [5.74, 6) is 0.376. The van der Waals surface area contributed by atoms with Gasteiger partial charge in [0.15, 0.2) is 5.11 Å². The topological polar surface area (TPSA) is 59.6 Å². The number of thiocarbonyl (C=S) groups is 1. The molecule has 0 fully saturated rings. The van der Waals surface area contributed by atoms with Crippen molar-refractivity contribution in [2.24, 2.45) is 0 Å². The molecule has 1 amide bonds. The van der Waals surface area contributed by atoms with Crippen molar-refractivity contribution in [2.45, 2.75) is 0 Å². The molecule has 0 spiro atoms. The third-order valence-corrected chi connectivity index (χ3v) is 3.44. The first kappa shape index (κ1) is 18.2. The van der Waals surface area contributed by atoms with Crippen LogP contribution in [-0.2, 0) is 4.74 Å². The minimum atomic E-state index is -0.309. The van der Waals surface area contributed by atoms with Crippen LogP contribution in [0.1, 0.15) is 10.4 Å². The molecule has 2 aromatic carbocycles. The van der Waals surface area contributed by atoms with Gasteiger partial charge in [-0.05, 0) is 48.6 Å². The molecule has 24 heavy (non-hydrogen) atoms. The van der Waals surface area contributed by atoms with Crippen LogP contribution in [0.15, 0.2) is 48.5 Å². The number of amides is 1. The van der Waals surface area contributed by atoms with Crippen molar-refractivity contribution >= 4 is 40.5 Å². The summed E-state index contributed by atoms with van der Waals surface area (Å²) in [6.07, 6.45) is 0. The molecule has 0 aliphatic heterocycles. The number of ether oxygens (including phenoxy) is 2. The van der Waals surface area contributed by atoms with E-state index in [4.69, 9.17) is 33.3 Å². The fraction of sp³-hybridized carbons (Fsp3) is 0.176. The highest BCUT2D eigenvalue weighted by atomic mass is 35.5. The molecule has 0 aromatic heterocycles. The van der Waals surface area contributed by atoms with Gasteiger partial charge in [-0.3, -0.25) is 10.1 Å². The second kappa shape index (κ2) is 9.22. The highest BCUT2D eigenvalue weighted by Gasteiger charge is 2.08. The lowest BCUT2D eigenvalue weighted by atomic mass is 10.2. The van der Waals surface area contributed by atoms with Crippen molar-refractivity contribution < 1.29 is 14.3 Å². The number of hydrogen-bond donors (Lipinski definition) is 2. The third kappa shape index (κ3) is 5.81. The molecule has 2 rings (SSSR count). The van der Waals surface area contributed by atoms with Gasteiger partial charge in [0, 0.05) is 29.4 Å². The van der Waals surface area contributed by atoms with E-state index in [2.05, 4.69) is 10.6 Å². The van der Waals surface area contributed by atoms with E-state index >= 15 is 0 Å². The van der Waals surface area contributed by atoms with Gasteiger partial charge in [-0.25, -0.2) is 0 Å². The van der Waals surface area contributed by atoms with Crippen molar-refractivity contribution in [2.75, 3.05) is 25.6 Å². The number of rotatable bonds is 6. The van der Waals surface area contributed by atoms with Crippen LogP contribution < -0.4 is 15.4 Å². The highest BCUT2D eigenvalue weighted by Crippen LogP contribution is 2.17. The summed E-state index contributed by atoms with van der Waals surface area (Å²) in [6, 6.07) is 13.8. The molecule has 0 atom stereocenters. The Morgan fingerprint density at radius 1 is 1.17 bits per heavy atom. The van der Waals surface area contributed by atoms with Gasteiger partial charge in [0.2, 0.25) is 0 Å². The Bertz CT molecular complexity index is 707. The minimum absolute atomic E-state index is 0.198. The highest BCUT2D eigenvalue weighted by molar-refractivity contribution is 7.80. The smallest absolute Gasteiger partial charge is 0.257 e. The zero-order valence-electron chi connectivity index (χ0n) is 13.0. The van der Waals surface area contributed by atoms with Crippen LogP contribution in [0.3, 0.4) is 0 Å². The molecule has 0 aliphatic rings. The third-order valence-electron chi connectivity index (χ3n) is 2.98. The van der Waals surface area contributed by atoms with E-state index in [1.165, 1.54) is 0 Å². The van der Waals surface area contributed by atoms with Gasteiger partial charge in [0.25, 0.3) is 5.91 Å². The molecule has 7 heteroatoms. The largest absolute Gasteiger partial charge is 0.491 e. The van der Waals surface area contributed by atoms with Crippen LogP contribution in [0.5, 0.6) is 5.75 Å². The SMILES string of the molecule is COCCOc1cccc(NC(=S)NC(=O)c2ccc(Cl)cc2)c1. The molecule has 2 N–H and O–H groups in total. The molecular formula is C17H17ClN2O3S. The Morgan fingerprint density at radius 2 is 1.92 bits per heavy atom.